The maximum absolute atomic E-state index is 13.2. The molecule has 3 rings (SSSR count). The first-order chi connectivity index (χ1) is 15.8. The predicted octanol–water partition coefficient (Wildman–Crippen LogP) is 1.50. The van der Waals surface area contributed by atoms with Gasteiger partial charge in [0.1, 0.15) is 5.69 Å². The van der Waals surface area contributed by atoms with Gasteiger partial charge in [0, 0.05) is 32.5 Å². The summed E-state index contributed by atoms with van der Waals surface area (Å²) in [6.45, 7) is 0.333. The zero-order valence-corrected chi connectivity index (χ0v) is 19.3. The topological polar surface area (TPSA) is 137 Å². The van der Waals surface area contributed by atoms with Gasteiger partial charge in [-0.15, -0.1) is 0 Å². The number of carbonyl (C=O) groups excluding carboxylic acids is 1. The van der Waals surface area contributed by atoms with E-state index in [0.717, 1.165) is 6.20 Å². The molecule has 0 atom stereocenters. The van der Waals surface area contributed by atoms with Crippen LogP contribution < -0.4 is 10.0 Å². The number of amides is 1. The first kappa shape index (κ1) is 24.4. The Hall–Kier alpha value is -3.20. The number of thiazole rings is 1. The van der Waals surface area contributed by atoms with Crippen molar-refractivity contribution in [1.82, 2.24) is 19.5 Å². The Morgan fingerprint density at radius 3 is 2.64 bits per heavy atom. The molecule has 0 aliphatic heterocycles. The van der Waals surface area contributed by atoms with E-state index in [1.165, 1.54) is 31.4 Å². The molecule has 0 saturated heterocycles. The van der Waals surface area contributed by atoms with Crippen LogP contribution in [0.25, 0.3) is 0 Å². The summed E-state index contributed by atoms with van der Waals surface area (Å²) >= 11 is 0.651. The van der Waals surface area contributed by atoms with Gasteiger partial charge in [-0.3, -0.25) is 14.8 Å². The number of aryl methyl sites for hydroxylation is 1. The van der Waals surface area contributed by atoms with Crippen LogP contribution in [0.15, 0.2) is 52.8 Å². The van der Waals surface area contributed by atoms with Crippen LogP contribution in [0.2, 0.25) is 0 Å². The van der Waals surface area contributed by atoms with Crippen molar-refractivity contribution in [3.63, 3.8) is 0 Å². The summed E-state index contributed by atoms with van der Waals surface area (Å²) in [5.74, 6) is -0.709. The molecule has 0 aliphatic carbocycles. The number of hydrogen-bond acceptors (Lipinski definition) is 9. The van der Waals surface area contributed by atoms with E-state index in [1.807, 2.05) is 0 Å². The molecule has 2 N–H and O–H groups in total. The number of halogens is 1. The fourth-order valence-corrected chi connectivity index (χ4v) is 4.10. The van der Waals surface area contributed by atoms with Gasteiger partial charge in [0.05, 0.1) is 17.7 Å². The molecular formula is C19H21FN6O5S2. The van der Waals surface area contributed by atoms with Crippen molar-refractivity contribution in [1.29, 1.82) is 0 Å². The van der Waals surface area contributed by atoms with Gasteiger partial charge in [-0.05, 0) is 18.2 Å². The molecule has 1 aromatic carbocycles. The van der Waals surface area contributed by atoms with Gasteiger partial charge in [-0.25, -0.2) is 18.1 Å². The van der Waals surface area contributed by atoms with E-state index >= 15 is 0 Å². The van der Waals surface area contributed by atoms with Crippen molar-refractivity contribution in [3.8, 4) is 0 Å². The Labute approximate surface area is 193 Å². The van der Waals surface area contributed by atoms with Crippen LogP contribution >= 0.6 is 11.3 Å². The number of benzene rings is 1. The molecule has 2 aromatic heterocycles. The molecule has 11 nitrogen and oxygen atoms in total. The molecule has 3 aromatic rings. The summed E-state index contributed by atoms with van der Waals surface area (Å²) < 4.78 is 46.7. The van der Waals surface area contributed by atoms with E-state index in [1.54, 1.807) is 24.0 Å². The SMILES string of the molecule is COCCNS(=O)(=O)c1ccc(C(=NOCc2ccn(C)n2)C(=O)Nc2ncc(F)s2)cc1. The molecular weight excluding hydrogens is 475 g/mol. The fraction of sp³-hybridized carbons (Fsp3) is 0.263. The molecule has 0 radical (unpaired) electrons. The molecule has 0 spiro atoms. The summed E-state index contributed by atoms with van der Waals surface area (Å²) in [4.78, 5) is 21.8. The van der Waals surface area contributed by atoms with E-state index in [4.69, 9.17) is 9.57 Å². The van der Waals surface area contributed by atoms with E-state index in [-0.39, 0.29) is 41.1 Å². The molecule has 176 valence electrons. The van der Waals surface area contributed by atoms with Crippen LogP contribution in [-0.4, -0.2) is 55.1 Å². The third kappa shape index (κ3) is 6.89. The van der Waals surface area contributed by atoms with Gasteiger partial charge in [0.25, 0.3) is 5.91 Å². The minimum atomic E-state index is -3.75. The lowest BCUT2D eigenvalue weighted by molar-refractivity contribution is -0.110. The zero-order valence-electron chi connectivity index (χ0n) is 17.7. The van der Waals surface area contributed by atoms with Crippen LogP contribution in [0.3, 0.4) is 0 Å². The van der Waals surface area contributed by atoms with Crippen molar-refractivity contribution in [2.24, 2.45) is 12.2 Å². The fourth-order valence-electron chi connectivity index (χ4n) is 2.55. The smallest absolute Gasteiger partial charge is 0.280 e. The Balaban J connectivity index is 1.81. The van der Waals surface area contributed by atoms with Crippen LogP contribution in [-0.2, 0) is 38.0 Å². The predicted molar refractivity (Wildman–Crippen MR) is 119 cm³/mol. The molecule has 0 saturated carbocycles. The van der Waals surface area contributed by atoms with Gasteiger partial charge in [-0.1, -0.05) is 28.6 Å². The van der Waals surface area contributed by atoms with Crippen LogP contribution in [0.4, 0.5) is 9.52 Å². The Morgan fingerprint density at radius 1 is 1.27 bits per heavy atom. The van der Waals surface area contributed by atoms with Crippen LogP contribution in [0.5, 0.6) is 0 Å². The number of rotatable bonds is 11. The summed E-state index contributed by atoms with van der Waals surface area (Å²) in [5.41, 5.74) is 0.714. The first-order valence-corrected chi connectivity index (χ1v) is 11.8. The highest BCUT2D eigenvalue weighted by Crippen LogP contribution is 2.17. The number of anilines is 1. The van der Waals surface area contributed by atoms with Crippen LogP contribution in [0, 0.1) is 5.13 Å². The highest BCUT2D eigenvalue weighted by molar-refractivity contribution is 7.89. The molecule has 0 unspecified atom stereocenters. The average molecular weight is 497 g/mol. The highest BCUT2D eigenvalue weighted by Gasteiger charge is 2.19. The minimum Gasteiger partial charge on any atom is -0.389 e. The zero-order chi connectivity index (χ0) is 23.8. The summed E-state index contributed by atoms with van der Waals surface area (Å²) in [6.07, 6.45) is 2.71. The molecule has 0 fully saturated rings. The second kappa shape index (κ2) is 11.1. The van der Waals surface area contributed by atoms with Gasteiger partial charge in [-0.2, -0.15) is 9.49 Å². The van der Waals surface area contributed by atoms with Gasteiger partial charge >= 0.3 is 0 Å². The van der Waals surface area contributed by atoms with E-state index < -0.39 is 21.1 Å². The molecule has 2 heterocycles. The Kier molecular flexibility index (Phi) is 8.21. The summed E-state index contributed by atoms with van der Waals surface area (Å²) in [7, 11) is -0.542. The molecule has 14 heteroatoms. The molecule has 0 bridgehead atoms. The Morgan fingerprint density at radius 2 is 2.03 bits per heavy atom. The number of ether oxygens (including phenoxy) is 1. The number of hydrogen-bond donors (Lipinski definition) is 2. The summed E-state index contributed by atoms with van der Waals surface area (Å²) in [6, 6.07) is 7.21. The molecule has 0 aliphatic rings. The average Bonchev–Trinajstić information content (AvgIpc) is 3.38. The van der Waals surface area contributed by atoms with E-state index in [2.05, 4.69) is 25.3 Å². The second-order valence-corrected chi connectivity index (χ2v) is 9.28. The largest absolute Gasteiger partial charge is 0.389 e. The molecule has 33 heavy (non-hydrogen) atoms. The summed E-state index contributed by atoms with van der Waals surface area (Å²) in [5, 5.41) is 9.99. The number of aromatic nitrogens is 3. The number of oxime groups is 1. The quantitative estimate of drug-likeness (QED) is 0.233. The van der Waals surface area contributed by atoms with Gasteiger partial charge in [0.15, 0.2) is 22.6 Å². The number of nitrogens with zero attached hydrogens (tertiary/aromatic N) is 4. The number of nitrogens with one attached hydrogen (secondary N) is 2. The Bertz CT molecular complexity index is 1220. The van der Waals surface area contributed by atoms with Gasteiger partial charge in [0.2, 0.25) is 10.0 Å². The monoisotopic (exact) mass is 496 g/mol. The van der Waals surface area contributed by atoms with Crippen molar-refractivity contribution in [2.75, 3.05) is 25.6 Å². The number of carbonyl (C=O) groups is 1. The number of methoxy groups -OCH3 is 1. The van der Waals surface area contributed by atoms with Crippen molar-refractivity contribution < 1.29 is 27.2 Å². The third-order valence-corrected chi connectivity index (χ3v) is 6.26. The lowest BCUT2D eigenvalue weighted by atomic mass is 10.1. The maximum atomic E-state index is 13.2. The van der Waals surface area contributed by atoms with Crippen molar-refractivity contribution in [2.45, 2.75) is 11.5 Å². The van der Waals surface area contributed by atoms with Crippen molar-refractivity contribution in [3.05, 3.63) is 59.1 Å². The second-order valence-electron chi connectivity index (χ2n) is 6.53. The molecule has 1 amide bonds. The third-order valence-electron chi connectivity index (χ3n) is 4.09. The minimum absolute atomic E-state index is 0.000613. The van der Waals surface area contributed by atoms with Crippen molar-refractivity contribution >= 4 is 38.1 Å². The standard InChI is InChI=1S/C19H21FN6O5S2/c1-26-9-7-14(24-26)12-31-25-17(18(27)23-19-21-11-16(20)32-19)13-3-5-15(6-4-13)33(28,29)22-8-10-30-2/h3-7,9,11,22H,8,10,12H2,1-2H3,(H,21,23,27). The van der Waals surface area contributed by atoms with Crippen LogP contribution in [0.1, 0.15) is 11.3 Å². The lowest BCUT2D eigenvalue weighted by Gasteiger charge is -2.09. The van der Waals surface area contributed by atoms with E-state index in [9.17, 15) is 17.6 Å². The maximum Gasteiger partial charge on any atom is 0.280 e. The first-order valence-electron chi connectivity index (χ1n) is 9.48. The number of sulfonamides is 1. The lowest BCUT2D eigenvalue weighted by Crippen LogP contribution is -2.27. The highest BCUT2D eigenvalue weighted by atomic mass is 32.2. The van der Waals surface area contributed by atoms with E-state index in [0.29, 0.717) is 17.0 Å². The normalized spacial score (nSPS) is 12.0. The van der Waals surface area contributed by atoms with Gasteiger partial charge < -0.3 is 9.57 Å².